The molecular weight excluding hydrogens is 206 g/mol. The molecule has 0 amide bonds. The lowest BCUT2D eigenvalue weighted by atomic mass is 10.1. The third-order valence-corrected chi connectivity index (χ3v) is 2.69. The molecular formula is C11H19N3O2. The van der Waals surface area contributed by atoms with Crippen LogP contribution in [0.2, 0.25) is 0 Å². The summed E-state index contributed by atoms with van der Waals surface area (Å²) in [5.74, 6) is 1.63. The SMILES string of the molecule is CC(C)c1noc(CO[C@H]2CCCNC2)n1. The third-order valence-electron chi connectivity index (χ3n) is 2.69. The van der Waals surface area contributed by atoms with E-state index in [1.807, 2.05) is 13.8 Å². The van der Waals surface area contributed by atoms with E-state index in [-0.39, 0.29) is 6.10 Å². The van der Waals surface area contributed by atoms with Gasteiger partial charge in [-0.3, -0.25) is 0 Å². The maximum atomic E-state index is 5.70. The smallest absolute Gasteiger partial charge is 0.252 e. The summed E-state index contributed by atoms with van der Waals surface area (Å²) in [6.07, 6.45) is 2.56. The normalized spacial score (nSPS) is 21.6. The maximum absolute atomic E-state index is 5.70. The zero-order valence-corrected chi connectivity index (χ0v) is 9.90. The molecule has 16 heavy (non-hydrogen) atoms. The number of nitrogens with one attached hydrogen (secondary N) is 1. The second-order valence-corrected chi connectivity index (χ2v) is 4.48. The van der Waals surface area contributed by atoms with Gasteiger partial charge in [0.05, 0.1) is 6.10 Å². The highest BCUT2D eigenvalue weighted by Gasteiger charge is 2.15. The summed E-state index contributed by atoms with van der Waals surface area (Å²) < 4.78 is 10.8. The van der Waals surface area contributed by atoms with Crippen LogP contribution < -0.4 is 5.32 Å². The van der Waals surface area contributed by atoms with E-state index in [9.17, 15) is 0 Å². The molecule has 2 rings (SSSR count). The molecule has 1 N–H and O–H groups in total. The molecule has 90 valence electrons. The molecule has 1 atom stereocenters. The number of ether oxygens (including phenoxy) is 1. The molecule has 0 spiro atoms. The molecule has 1 saturated heterocycles. The van der Waals surface area contributed by atoms with Crippen LogP contribution in [0.4, 0.5) is 0 Å². The standard InChI is InChI=1S/C11H19N3O2/c1-8(2)11-13-10(16-14-11)7-15-9-4-3-5-12-6-9/h8-9,12H,3-7H2,1-2H3/t9-/m0/s1. The summed E-state index contributed by atoms with van der Waals surface area (Å²) in [4.78, 5) is 4.27. The lowest BCUT2D eigenvalue weighted by Crippen LogP contribution is -2.35. The van der Waals surface area contributed by atoms with Crippen LogP contribution in [0, 0.1) is 0 Å². The fourth-order valence-corrected chi connectivity index (χ4v) is 1.71. The average molecular weight is 225 g/mol. The summed E-state index contributed by atoms with van der Waals surface area (Å²) in [6, 6.07) is 0. The zero-order valence-electron chi connectivity index (χ0n) is 9.90. The minimum atomic E-state index is 0.281. The highest BCUT2D eigenvalue weighted by atomic mass is 16.5. The summed E-state index contributed by atoms with van der Waals surface area (Å²) in [7, 11) is 0. The Kier molecular flexibility index (Phi) is 3.90. The molecule has 0 unspecified atom stereocenters. The van der Waals surface area contributed by atoms with Crippen molar-refractivity contribution < 1.29 is 9.26 Å². The van der Waals surface area contributed by atoms with Crippen LogP contribution in [-0.2, 0) is 11.3 Å². The van der Waals surface area contributed by atoms with Crippen molar-refractivity contribution in [3.8, 4) is 0 Å². The van der Waals surface area contributed by atoms with Crippen LogP contribution in [0.3, 0.4) is 0 Å². The Balaban J connectivity index is 1.79. The number of hydrogen-bond acceptors (Lipinski definition) is 5. The Morgan fingerprint density at radius 1 is 1.56 bits per heavy atom. The monoisotopic (exact) mass is 225 g/mol. The Bertz CT molecular complexity index is 319. The van der Waals surface area contributed by atoms with Crippen molar-refractivity contribution in [1.82, 2.24) is 15.5 Å². The van der Waals surface area contributed by atoms with Gasteiger partial charge in [-0.15, -0.1) is 0 Å². The number of hydrogen-bond donors (Lipinski definition) is 1. The van der Waals surface area contributed by atoms with Gasteiger partial charge >= 0.3 is 0 Å². The zero-order chi connectivity index (χ0) is 11.4. The highest BCUT2D eigenvalue weighted by molar-refractivity contribution is 4.90. The second-order valence-electron chi connectivity index (χ2n) is 4.48. The van der Waals surface area contributed by atoms with E-state index in [0.29, 0.717) is 18.4 Å². The van der Waals surface area contributed by atoms with Crippen molar-refractivity contribution in [2.75, 3.05) is 13.1 Å². The molecule has 5 nitrogen and oxygen atoms in total. The minimum absolute atomic E-state index is 0.281. The average Bonchev–Trinajstić information content (AvgIpc) is 2.76. The number of piperidine rings is 1. The predicted octanol–water partition coefficient (Wildman–Crippen LogP) is 1.46. The van der Waals surface area contributed by atoms with Gasteiger partial charge in [-0.05, 0) is 19.4 Å². The van der Waals surface area contributed by atoms with Crippen molar-refractivity contribution in [3.63, 3.8) is 0 Å². The van der Waals surface area contributed by atoms with E-state index >= 15 is 0 Å². The van der Waals surface area contributed by atoms with Gasteiger partial charge in [-0.2, -0.15) is 4.98 Å². The summed E-state index contributed by atoms with van der Waals surface area (Å²) >= 11 is 0. The summed E-state index contributed by atoms with van der Waals surface area (Å²) in [5.41, 5.74) is 0. The third kappa shape index (κ3) is 3.02. The molecule has 1 aliphatic heterocycles. The van der Waals surface area contributed by atoms with Gasteiger partial charge in [0.25, 0.3) is 5.89 Å². The van der Waals surface area contributed by atoms with Gasteiger partial charge in [-0.1, -0.05) is 19.0 Å². The molecule has 1 aliphatic rings. The fourth-order valence-electron chi connectivity index (χ4n) is 1.71. The van der Waals surface area contributed by atoms with Crippen LogP contribution in [0.25, 0.3) is 0 Å². The molecule has 1 aromatic heterocycles. The van der Waals surface area contributed by atoms with Crippen LogP contribution in [0.1, 0.15) is 44.3 Å². The Labute approximate surface area is 95.6 Å². The predicted molar refractivity (Wildman–Crippen MR) is 59.1 cm³/mol. The van der Waals surface area contributed by atoms with Crippen molar-refractivity contribution in [2.45, 2.75) is 45.3 Å². The van der Waals surface area contributed by atoms with Crippen molar-refractivity contribution in [2.24, 2.45) is 0 Å². The van der Waals surface area contributed by atoms with E-state index in [4.69, 9.17) is 9.26 Å². The first-order valence-corrected chi connectivity index (χ1v) is 5.90. The molecule has 2 heterocycles. The van der Waals surface area contributed by atoms with Crippen molar-refractivity contribution in [3.05, 3.63) is 11.7 Å². The lowest BCUT2D eigenvalue weighted by Gasteiger charge is -2.22. The van der Waals surface area contributed by atoms with Crippen LogP contribution in [-0.4, -0.2) is 29.3 Å². The van der Waals surface area contributed by atoms with Crippen LogP contribution >= 0.6 is 0 Å². The van der Waals surface area contributed by atoms with Gasteiger partial charge in [0, 0.05) is 12.5 Å². The van der Waals surface area contributed by atoms with Crippen LogP contribution in [0.5, 0.6) is 0 Å². The highest BCUT2D eigenvalue weighted by Crippen LogP contribution is 2.12. The molecule has 0 bridgehead atoms. The van der Waals surface area contributed by atoms with Crippen molar-refractivity contribution >= 4 is 0 Å². The first kappa shape index (κ1) is 11.5. The van der Waals surface area contributed by atoms with E-state index in [2.05, 4.69) is 15.5 Å². The molecule has 5 heteroatoms. The Morgan fingerprint density at radius 2 is 2.44 bits per heavy atom. The molecule has 0 saturated carbocycles. The van der Waals surface area contributed by atoms with Gasteiger partial charge in [0.15, 0.2) is 5.82 Å². The lowest BCUT2D eigenvalue weighted by molar-refractivity contribution is 0.0124. The van der Waals surface area contributed by atoms with Gasteiger partial charge in [-0.25, -0.2) is 0 Å². The number of nitrogens with zero attached hydrogens (tertiary/aromatic N) is 2. The van der Waals surface area contributed by atoms with Crippen LogP contribution in [0.15, 0.2) is 4.52 Å². The van der Waals surface area contributed by atoms with E-state index in [1.165, 1.54) is 6.42 Å². The maximum Gasteiger partial charge on any atom is 0.252 e. The summed E-state index contributed by atoms with van der Waals surface area (Å²) in [5, 5.41) is 7.20. The fraction of sp³-hybridized carbons (Fsp3) is 0.818. The van der Waals surface area contributed by atoms with Gasteiger partial charge < -0.3 is 14.6 Å². The van der Waals surface area contributed by atoms with Gasteiger partial charge in [0.1, 0.15) is 6.61 Å². The number of aromatic nitrogens is 2. The quantitative estimate of drug-likeness (QED) is 0.840. The molecule has 1 aromatic rings. The minimum Gasteiger partial charge on any atom is -0.367 e. The van der Waals surface area contributed by atoms with E-state index in [0.717, 1.165) is 25.3 Å². The Hall–Kier alpha value is -0.940. The second kappa shape index (κ2) is 5.41. The molecule has 0 radical (unpaired) electrons. The number of rotatable bonds is 4. The van der Waals surface area contributed by atoms with E-state index < -0.39 is 0 Å². The molecule has 1 fully saturated rings. The Morgan fingerprint density at radius 3 is 3.06 bits per heavy atom. The van der Waals surface area contributed by atoms with Crippen molar-refractivity contribution in [1.29, 1.82) is 0 Å². The summed E-state index contributed by atoms with van der Waals surface area (Å²) in [6.45, 7) is 6.52. The van der Waals surface area contributed by atoms with E-state index in [1.54, 1.807) is 0 Å². The topological polar surface area (TPSA) is 60.2 Å². The molecule has 0 aromatic carbocycles. The van der Waals surface area contributed by atoms with Gasteiger partial charge in [0.2, 0.25) is 0 Å². The first-order chi connectivity index (χ1) is 7.75. The largest absolute Gasteiger partial charge is 0.367 e. The molecule has 0 aliphatic carbocycles. The first-order valence-electron chi connectivity index (χ1n) is 5.90.